The summed E-state index contributed by atoms with van der Waals surface area (Å²) in [6, 6.07) is 3.62. The van der Waals surface area contributed by atoms with E-state index in [4.69, 9.17) is 10.5 Å². The van der Waals surface area contributed by atoms with E-state index in [1.807, 2.05) is 0 Å². The number of hydrogen-bond donors (Lipinski definition) is 1. The van der Waals surface area contributed by atoms with Gasteiger partial charge in [0.1, 0.15) is 5.82 Å². The average Bonchev–Trinajstić information content (AvgIpc) is 2.58. The molecule has 98 valence electrons. The van der Waals surface area contributed by atoms with Gasteiger partial charge >= 0.3 is 0 Å². The predicted molar refractivity (Wildman–Crippen MR) is 62.4 cm³/mol. The summed E-state index contributed by atoms with van der Waals surface area (Å²) in [4.78, 5) is 3.83. The Kier molecular flexibility index (Phi) is 3.56. The van der Waals surface area contributed by atoms with Crippen LogP contribution >= 0.6 is 0 Å². The summed E-state index contributed by atoms with van der Waals surface area (Å²) < 4.78 is 45.6. The van der Waals surface area contributed by atoms with Crippen LogP contribution in [0, 0.1) is 5.82 Å². The molecule has 1 aliphatic heterocycles. The fraction of sp³-hybridized carbons (Fsp3) is 0.417. The number of nitrogens with zero attached hydrogens (tertiary/aromatic N) is 1. The number of rotatable bonds is 2. The molecule has 2 N–H and O–H groups in total. The first kappa shape index (κ1) is 12.9. The van der Waals surface area contributed by atoms with E-state index in [1.165, 1.54) is 18.3 Å². The van der Waals surface area contributed by atoms with Crippen molar-refractivity contribution >= 4 is 11.9 Å². The number of aliphatic imine (C=N–C) groups is 1. The summed E-state index contributed by atoms with van der Waals surface area (Å²) in [6.45, 7) is 0.247. The number of alkyl halides is 2. The highest BCUT2D eigenvalue weighted by Crippen LogP contribution is 2.39. The summed E-state index contributed by atoms with van der Waals surface area (Å²) in [5, 5.41) is 0. The first-order chi connectivity index (χ1) is 8.56. The molecule has 0 saturated carbocycles. The Balaban J connectivity index is 2.55. The Hall–Kier alpha value is -1.56. The van der Waals surface area contributed by atoms with Crippen molar-refractivity contribution in [3.8, 4) is 0 Å². The zero-order chi connectivity index (χ0) is 13.2. The second kappa shape index (κ2) is 4.97. The number of nitrogens with two attached hydrogens (primary N) is 1. The summed E-state index contributed by atoms with van der Waals surface area (Å²) in [7, 11) is 0. The highest BCUT2D eigenvalue weighted by Gasteiger charge is 2.43. The van der Waals surface area contributed by atoms with Gasteiger partial charge in [0, 0.05) is 30.5 Å². The molecular weight excluding hydrogens is 245 g/mol. The smallest absolute Gasteiger partial charge is 0.267 e. The van der Waals surface area contributed by atoms with Crippen LogP contribution in [0.2, 0.25) is 0 Å². The highest BCUT2D eigenvalue weighted by atomic mass is 19.3. The van der Waals surface area contributed by atoms with Crippen molar-refractivity contribution in [2.24, 2.45) is 4.99 Å². The molecule has 6 heteroatoms. The molecule has 0 fully saturated rings. The average molecular weight is 258 g/mol. The van der Waals surface area contributed by atoms with E-state index in [-0.39, 0.29) is 30.9 Å². The minimum Gasteiger partial charge on any atom is -0.399 e. The lowest BCUT2D eigenvalue weighted by Crippen LogP contribution is -2.34. The van der Waals surface area contributed by atoms with E-state index in [0.717, 1.165) is 6.07 Å². The van der Waals surface area contributed by atoms with Crippen LogP contribution in [0.15, 0.2) is 23.2 Å². The van der Waals surface area contributed by atoms with Crippen molar-refractivity contribution < 1.29 is 17.9 Å². The molecule has 0 radical (unpaired) electrons. The van der Waals surface area contributed by atoms with Gasteiger partial charge in [0.2, 0.25) is 0 Å². The molecule has 0 aromatic heterocycles. The minimum atomic E-state index is -2.83. The van der Waals surface area contributed by atoms with E-state index in [1.54, 1.807) is 0 Å². The molecular formula is C12H13F3N2O. The second-order valence-corrected chi connectivity index (χ2v) is 4.10. The third-order valence-electron chi connectivity index (χ3n) is 2.96. The van der Waals surface area contributed by atoms with Gasteiger partial charge in [-0.15, -0.1) is 0 Å². The van der Waals surface area contributed by atoms with E-state index >= 15 is 0 Å². The fourth-order valence-electron chi connectivity index (χ4n) is 1.99. The van der Waals surface area contributed by atoms with Crippen LogP contribution in [0.5, 0.6) is 0 Å². The number of hydrogen-bond acceptors (Lipinski definition) is 3. The van der Waals surface area contributed by atoms with Gasteiger partial charge in [-0.3, -0.25) is 4.99 Å². The van der Waals surface area contributed by atoms with Crippen molar-refractivity contribution in [1.29, 1.82) is 0 Å². The molecule has 1 aromatic rings. The summed E-state index contributed by atoms with van der Waals surface area (Å²) in [6.07, 6.45) is -1.66. The van der Waals surface area contributed by atoms with Crippen molar-refractivity contribution in [3.63, 3.8) is 0 Å². The summed E-state index contributed by atoms with van der Waals surface area (Å²) in [5.74, 6) is -0.733. The molecule has 0 bridgehead atoms. The molecule has 0 amide bonds. The minimum absolute atomic E-state index is 0.0818. The summed E-state index contributed by atoms with van der Waals surface area (Å²) >= 11 is 0. The van der Waals surface area contributed by atoms with Crippen molar-refractivity contribution in [1.82, 2.24) is 0 Å². The van der Waals surface area contributed by atoms with Crippen molar-refractivity contribution in [2.45, 2.75) is 18.4 Å². The van der Waals surface area contributed by atoms with Gasteiger partial charge in [-0.2, -0.15) is 0 Å². The van der Waals surface area contributed by atoms with Gasteiger partial charge in [0.25, 0.3) is 6.43 Å². The Labute approximate surface area is 102 Å². The number of ether oxygens (including phenoxy) is 1. The van der Waals surface area contributed by atoms with Gasteiger partial charge in [-0.25, -0.2) is 13.2 Å². The molecule has 1 unspecified atom stereocenters. The molecule has 2 rings (SSSR count). The molecule has 3 nitrogen and oxygen atoms in total. The van der Waals surface area contributed by atoms with Gasteiger partial charge in [0.15, 0.2) is 5.54 Å². The van der Waals surface area contributed by atoms with Gasteiger partial charge < -0.3 is 10.5 Å². The predicted octanol–water partition coefficient (Wildman–Crippen LogP) is 2.36. The van der Waals surface area contributed by atoms with Crippen LogP contribution < -0.4 is 5.73 Å². The van der Waals surface area contributed by atoms with Crippen LogP contribution in [0.1, 0.15) is 12.0 Å². The van der Waals surface area contributed by atoms with Crippen LogP contribution in [0.3, 0.4) is 0 Å². The normalized spacial score (nSPS) is 24.2. The number of anilines is 1. The molecule has 18 heavy (non-hydrogen) atoms. The van der Waals surface area contributed by atoms with Crippen molar-refractivity contribution in [3.05, 3.63) is 29.6 Å². The third kappa shape index (κ3) is 2.20. The van der Waals surface area contributed by atoms with Crippen LogP contribution in [-0.4, -0.2) is 25.9 Å². The van der Waals surface area contributed by atoms with Gasteiger partial charge in [0.05, 0.1) is 6.61 Å². The Bertz CT molecular complexity index is 465. The second-order valence-electron chi connectivity index (χ2n) is 4.10. The Morgan fingerprint density at radius 3 is 2.89 bits per heavy atom. The number of halogens is 3. The number of benzene rings is 1. The largest absolute Gasteiger partial charge is 0.399 e. The maximum Gasteiger partial charge on any atom is 0.267 e. The quantitative estimate of drug-likeness (QED) is 0.828. The van der Waals surface area contributed by atoms with E-state index in [2.05, 4.69) is 4.99 Å². The third-order valence-corrected chi connectivity index (χ3v) is 2.96. The Morgan fingerprint density at radius 1 is 1.39 bits per heavy atom. The van der Waals surface area contributed by atoms with Crippen LogP contribution in [0.25, 0.3) is 0 Å². The lowest BCUT2D eigenvalue weighted by atomic mass is 9.87. The molecule has 1 atom stereocenters. The molecule has 0 saturated heterocycles. The summed E-state index contributed by atoms with van der Waals surface area (Å²) in [5.41, 5.74) is 3.68. The molecule has 1 heterocycles. The van der Waals surface area contributed by atoms with E-state index < -0.39 is 17.8 Å². The first-order valence-corrected chi connectivity index (χ1v) is 5.51. The standard InChI is InChI=1S/C12H13F3N2O/c13-10-2-1-8(16)7-9(10)12(11(14)15)3-5-18-6-4-17-12/h1-2,4,7,11H,3,5-6,16H2. The SMILES string of the molecule is Nc1ccc(F)c(C2(C(F)F)CCOCC=N2)c1. The van der Waals surface area contributed by atoms with Crippen LogP contribution in [-0.2, 0) is 10.3 Å². The highest BCUT2D eigenvalue weighted by molar-refractivity contribution is 5.60. The first-order valence-electron chi connectivity index (χ1n) is 5.51. The molecule has 0 aliphatic carbocycles. The topological polar surface area (TPSA) is 47.6 Å². The molecule has 0 spiro atoms. The zero-order valence-electron chi connectivity index (χ0n) is 9.57. The number of nitrogen functional groups attached to an aromatic ring is 1. The fourth-order valence-corrected chi connectivity index (χ4v) is 1.99. The lowest BCUT2D eigenvalue weighted by Gasteiger charge is -2.28. The van der Waals surface area contributed by atoms with E-state index in [0.29, 0.717) is 0 Å². The van der Waals surface area contributed by atoms with E-state index in [9.17, 15) is 13.2 Å². The van der Waals surface area contributed by atoms with Gasteiger partial charge in [-0.05, 0) is 18.2 Å². The Morgan fingerprint density at radius 2 is 2.17 bits per heavy atom. The zero-order valence-corrected chi connectivity index (χ0v) is 9.57. The maximum absolute atomic E-state index is 13.8. The molecule has 1 aromatic carbocycles. The lowest BCUT2D eigenvalue weighted by molar-refractivity contribution is 0.0331. The maximum atomic E-state index is 13.8. The monoisotopic (exact) mass is 258 g/mol. The van der Waals surface area contributed by atoms with Gasteiger partial charge in [-0.1, -0.05) is 0 Å². The molecule has 1 aliphatic rings. The van der Waals surface area contributed by atoms with Crippen LogP contribution in [0.4, 0.5) is 18.9 Å². The van der Waals surface area contributed by atoms with Crippen molar-refractivity contribution in [2.75, 3.05) is 18.9 Å².